The lowest BCUT2D eigenvalue weighted by Gasteiger charge is -2.17. The van der Waals surface area contributed by atoms with E-state index in [9.17, 15) is 9.59 Å². The van der Waals surface area contributed by atoms with Gasteiger partial charge >= 0.3 is 0 Å². The molecule has 0 aliphatic carbocycles. The molecule has 0 unspecified atom stereocenters. The summed E-state index contributed by atoms with van der Waals surface area (Å²) in [5.74, 6) is -0.695. The van der Waals surface area contributed by atoms with E-state index >= 15 is 0 Å². The largest absolute Gasteiger partial charge is 0.269 e. The molecule has 1 heterocycles. The number of hydrogen-bond donors (Lipinski definition) is 0. The van der Waals surface area contributed by atoms with Gasteiger partial charge in [0, 0.05) is 11.1 Å². The molecule has 0 saturated carbocycles. The van der Waals surface area contributed by atoms with Crippen molar-refractivity contribution in [1.29, 1.82) is 5.26 Å². The van der Waals surface area contributed by atoms with Crippen LogP contribution in [0.2, 0.25) is 0 Å². The highest BCUT2D eigenvalue weighted by Gasteiger charge is 2.35. The Kier molecular flexibility index (Phi) is 2.76. The molecule has 0 atom stereocenters. The zero-order chi connectivity index (χ0) is 13.4. The highest BCUT2D eigenvalue weighted by Crippen LogP contribution is 2.30. The average Bonchev–Trinajstić information content (AvgIpc) is 2.54. The van der Waals surface area contributed by atoms with Crippen molar-refractivity contribution in [1.82, 2.24) is 0 Å². The van der Waals surface area contributed by atoms with Crippen LogP contribution in [0.5, 0.6) is 0 Å². The fourth-order valence-electron chi connectivity index (χ4n) is 1.95. The quantitative estimate of drug-likeness (QED) is 0.706. The monoisotopic (exact) mass is 240 g/mol. The third-order valence-corrected chi connectivity index (χ3v) is 3.21. The molecule has 0 N–H and O–H groups in total. The summed E-state index contributed by atoms with van der Waals surface area (Å²) in [4.78, 5) is 25.2. The summed E-state index contributed by atoms with van der Waals surface area (Å²) in [6, 6.07) is 7.17. The topological polar surface area (TPSA) is 61.2 Å². The number of nitrogens with zero attached hydrogens (tertiary/aromatic N) is 2. The van der Waals surface area contributed by atoms with Crippen molar-refractivity contribution in [2.45, 2.75) is 20.8 Å². The third kappa shape index (κ3) is 1.52. The van der Waals surface area contributed by atoms with Crippen molar-refractivity contribution in [2.24, 2.45) is 0 Å². The third-order valence-electron chi connectivity index (χ3n) is 3.21. The second kappa shape index (κ2) is 4.11. The molecule has 4 nitrogen and oxygen atoms in total. The predicted octanol–water partition coefficient (Wildman–Crippen LogP) is 2.08. The van der Waals surface area contributed by atoms with Crippen molar-refractivity contribution in [3.63, 3.8) is 0 Å². The van der Waals surface area contributed by atoms with Gasteiger partial charge in [-0.1, -0.05) is 12.1 Å². The minimum atomic E-state index is -0.348. The van der Waals surface area contributed by atoms with E-state index in [-0.39, 0.29) is 11.8 Å². The maximum absolute atomic E-state index is 12.0. The molecule has 90 valence electrons. The minimum Gasteiger partial charge on any atom is -0.269 e. The summed E-state index contributed by atoms with van der Waals surface area (Å²) in [5.41, 5.74) is 2.35. The molecule has 0 aromatic heterocycles. The van der Waals surface area contributed by atoms with Crippen LogP contribution in [0, 0.1) is 18.3 Å². The van der Waals surface area contributed by atoms with Crippen LogP contribution in [-0.2, 0) is 9.59 Å². The van der Waals surface area contributed by atoms with E-state index in [0.717, 1.165) is 10.5 Å². The Hall–Kier alpha value is -2.41. The van der Waals surface area contributed by atoms with Gasteiger partial charge in [-0.3, -0.25) is 9.59 Å². The van der Waals surface area contributed by atoms with Crippen LogP contribution >= 0.6 is 0 Å². The summed E-state index contributed by atoms with van der Waals surface area (Å²) >= 11 is 0. The molecule has 1 aromatic carbocycles. The molecule has 1 aliphatic rings. The molecule has 1 aromatic rings. The van der Waals surface area contributed by atoms with E-state index in [1.807, 2.05) is 6.07 Å². The van der Waals surface area contributed by atoms with Gasteiger partial charge in [0.05, 0.1) is 11.3 Å². The van der Waals surface area contributed by atoms with E-state index in [2.05, 4.69) is 0 Å². The number of amides is 2. The van der Waals surface area contributed by atoms with Gasteiger partial charge in [0.2, 0.25) is 0 Å². The van der Waals surface area contributed by atoms with Gasteiger partial charge in [0.15, 0.2) is 0 Å². The van der Waals surface area contributed by atoms with Gasteiger partial charge in [0.25, 0.3) is 11.8 Å². The number of imide groups is 1. The molecule has 2 amide bonds. The Labute approximate surface area is 105 Å². The smallest absolute Gasteiger partial charge is 0.261 e. The summed E-state index contributed by atoms with van der Waals surface area (Å²) in [5, 5.41) is 9.15. The Morgan fingerprint density at radius 2 is 1.61 bits per heavy atom. The van der Waals surface area contributed by atoms with Gasteiger partial charge in [-0.05, 0) is 32.4 Å². The molecular weight excluding hydrogens is 228 g/mol. The summed E-state index contributed by atoms with van der Waals surface area (Å²) in [6.45, 7) is 5.02. The molecular formula is C14H12N2O2. The van der Waals surface area contributed by atoms with Crippen LogP contribution in [0.25, 0.3) is 0 Å². The number of benzene rings is 1. The first kappa shape index (κ1) is 12.1. The van der Waals surface area contributed by atoms with Crippen LogP contribution in [-0.4, -0.2) is 11.8 Å². The summed E-state index contributed by atoms with van der Waals surface area (Å²) < 4.78 is 0. The van der Waals surface area contributed by atoms with E-state index < -0.39 is 0 Å². The molecule has 0 saturated heterocycles. The molecule has 0 bridgehead atoms. The highest BCUT2D eigenvalue weighted by molar-refractivity contribution is 6.32. The number of hydrogen-bond acceptors (Lipinski definition) is 3. The lowest BCUT2D eigenvalue weighted by Crippen LogP contribution is -2.32. The lowest BCUT2D eigenvalue weighted by atomic mass is 10.1. The van der Waals surface area contributed by atoms with Crippen molar-refractivity contribution in [3.8, 4) is 6.07 Å². The summed E-state index contributed by atoms with van der Waals surface area (Å²) in [7, 11) is 0. The van der Waals surface area contributed by atoms with E-state index in [1.165, 1.54) is 0 Å². The number of carbonyl (C=O) groups is 2. The standard InChI is InChI=1S/C14H12N2O2/c1-8-5-4-6-12(11(8)7-15)16-13(17)9(2)10(3)14(16)18/h4-6H,1-3H3. The SMILES string of the molecule is CC1=C(C)C(=O)N(c2cccc(C)c2C#N)C1=O. The maximum Gasteiger partial charge on any atom is 0.261 e. The Morgan fingerprint density at radius 3 is 2.11 bits per heavy atom. The number of rotatable bonds is 1. The van der Waals surface area contributed by atoms with Crippen molar-refractivity contribution >= 4 is 17.5 Å². The van der Waals surface area contributed by atoms with Gasteiger partial charge < -0.3 is 0 Å². The normalized spacial score (nSPS) is 15.3. The van der Waals surface area contributed by atoms with Crippen molar-refractivity contribution in [3.05, 3.63) is 40.5 Å². The van der Waals surface area contributed by atoms with E-state index in [0.29, 0.717) is 22.4 Å². The Morgan fingerprint density at radius 1 is 1.06 bits per heavy atom. The van der Waals surface area contributed by atoms with E-state index in [4.69, 9.17) is 5.26 Å². The molecule has 18 heavy (non-hydrogen) atoms. The number of nitriles is 1. The number of anilines is 1. The summed E-state index contributed by atoms with van der Waals surface area (Å²) in [6.07, 6.45) is 0. The van der Waals surface area contributed by atoms with Crippen molar-refractivity contribution < 1.29 is 9.59 Å². The number of aryl methyl sites for hydroxylation is 1. The first-order valence-corrected chi connectivity index (χ1v) is 5.55. The lowest BCUT2D eigenvalue weighted by molar-refractivity contribution is -0.120. The second-order valence-corrected chi connectivity index (χ2v) is 4.28. The van der Waals surface area contributed by atoms with Gasteiger partial charge in [0.1, 0.15) is 6.07 Å². The van der Waals surface area contributed by atoms with Gasteiger partial charge in [-0.15, -0.1) is 0 Å². The van der Waals surface area contributed by atoms with Crippen LogP contribution in [0.15, 0.2) is 29.3 Å². The minimum absolute atomic E-state index is 0.348. The second-order valence-electron chi connectivity index (χ2n) is 4.28. The molecule has 0 fully saturated rings. The van der Waals surface area contributed by atoms with Crippen molar-refractivity contribution in [2.75, 3.05) is 4.90 Å². The molecule has 1 aliphatic heterocycles. The van der Waals surface area contributed by atoms with Crippen LogP contribution in [0.3, 0.4) is 0 Å². The fraction of sp³-hybridized carbons (Fsp3) is 0.214. The van der Waals surface area contributed by atoms with Crippen LogP contribution in [0.4, 0.5) is 5.69 Å². The van der Waals surface area contributed by atoms with Gasteiger partial charge in [-0.2, -0.15) is 5.26 Å². The molecule has 0 spiro atoms. The highest BCUT2D eigenvalue weighted by atomic mass is 16.2. The van der Waals surface area contributed by atoms with Crippen LogP contribution in [0.1, 0.15) is 25.0 Å². The number of carbonyl (C=O) groups excluding carboxylic acids is 2. The Balaban J connectivity index is 2.61. The first-order chi connectivity index (χ1) is 8.49. The first-order valence-electron chi connectivity index (χ1n) is 5.55. The maximum atomic E-state index is 12.0. The average molecular weight is 240 g/mol. The predicted molar refractivity (Wildman–Crippen MR) is 66.8 cm³/mol. The molecule has 0 radical (unpaired) electrons. The van der Waals surface area contributed by atoms with E-state index in [1.54, 1.807) is 39.0 Å². The fourth-order valence-corrected chi connectivity index (χ4v) is 1.95. The van der Waals surface area contributed by atoms with Gasteiger partial charge in [-0.25, -0.2) is 4.90 Å². The zero-order valence-corrected chi connectivity index (χ0v) is 10.4. The molecule has 4 heteroatoms. The van der Waals surface area contributed by atoms with Crippen LogP contribution < -0.4 is 4.90 Å². The molecule has 2 rings (SSSR count). The zero-order valence-electron chi connectivity index (χ0n) is 10.4. The Bertz CT molecular complexity index is 612.